The van der Waals surface area contributed by atoms with Crippen molar-refractivity contribution in [1.82, 2.24) is 42.1 Å². The van der Waals surface area contributed by atoms with Crippen LogP contribution in [0.5, 0.6) is 0 Å². The third-order valence-electron chi connectivity index (χ3n) is 10.7. The average Bonchev–Trinajstić information content (AvgIpc) is 3.81. The van der Waals surface area contributed by atoms with Crippen LogP contribution in [0.15, 0.2) is 16.8 Å². The summed E-state index contributed by atoms with van der Waals surface area (Å²) in [5.74, 6) is -8.21. The number of aliphatic hydroxyl groups excluding tert-OH is 2. The summed E-state index contributed by atoms with van der Waals surface area (Å²) in [6.45, 7) is 0.557. The first-order valence-electron chi connectivity index (χ1n) is 23.0. The van der Waals surface area contributed by atoms with Crippen molar-refractivity contribution in [3.8, 4) is 0 Å². The molecule has 8 atom stereocenters. The van der Waals surface area contributed by atoms with Gasteiger partial charge in [0.05, 0.1) is 18.7 Å². The fraction of sp³-hybridized carbons (Fsp3) is 0.707. The first kappa shape index (κ1) is 61.0. The van der Waals surface area contributed by atoms with E-state index in [2.05, 4.69) is 42.2 Å². The second kappa shape index (κ2) is 33.5. The highest BCUT2D eigenvalue weighted by Crippen LogP contribution is 2.20. The number of hydrogen-bond acceptors (Lipinski definition) is 17. The predicted molar refractivity (Wildman–Crippen MR) is 251 cm³/mol. The Kier molecular flexibility index (Phi) is 29.6. The van der Waals surface area contributed by atoms with Gasteiger partial charge in [0.15, 0.2) is 5.96 Å². The predicted octanol–water partition coefficient (Wildman–Crippen LogP) is -7.69. The Morgan fingerprint density at radius 2 is 1.36 bits per heavy atom. The monoisotopic (exact) mass is 985 g/mol. The topological polar surface area (TPSA) is 496 Å². The van der Waals surface area contributed by atoms with Crippen molar-refractivity contribution in [1.29, 1.82) is 0 Å². The molecule has 1 rings (SSSR count). The number of carbonyl (C=O) groups excluding carboxylic acids is 8. The summed E-state index contributed by atoms with van der Waals surface area (Å²) in [6.07, 6.45) is 2.51. The summed E-state index contributed by atoms with van der Waals surface area (Å²) in [5.41, 5.74) is 38.3. The number of unbranched alkanes of at least 4 members (excludes halogenated alkanes) is 2. The molecule has 0 aromatic heterocycles. The average molecular weight is 985 g/mol. The molecule has 0 saturated carbocycles. The number of likely N-dealkylation sites (tertiary alicyclic amines) is 1. The van der Waals surface area contributed by atoms with E-state index in [1.807, 2.05) is 0 Å². The van der Waals surface area contributed by atoms with Crippen molar-refractivity contribution in [3.05, 3.63) is 11.8 Å². The van der Waals surface area contributed by atoms with Gasteiger partial charge in [-0.05, 0) is 97.2 Å². The quantitative estimate of drug-likeness (QED) is 0.0123. The van der Waals surface area contributed by atoms with Gasteiger partial charge >= 0.3 is 5.97 Å². The van der Waals surface area contributed by atoms with Crippen LogP contribution in [-0.2, 0) is 43.2 Å². The van der Waals surface area contributed by atoms with Crippen molar-refractivity contribution < 1.29 is 58.5 Å². The van der Waals surface area contributed by atoms with Gasteiger partial charge in [0.2, 0.25) is 47.3 Å². The number of aliphatic carboxylic acids is 1. The molecule has 0 spiro atoms. The fourth-order valence-electron chi connectivity index (χ4n) is 6.90. The number of guanidine groups is 1. The standard InChI is InChI=1S/C41H76N16O12/c1-23(51-38(66)32(30(59)21-45)56-34(62)24(46)9-2-4-15-42)33(61)50-22-31(60)52-27(11-6-17-44)39(67)57-19-8-13-29(57)37(65)54-26(14-20-58)36(64)53-25(10-3-5-16-43)35(63)55-28(40(68)69)12-7-18-49-41(47)48/h12,23-27,29-30,32,58-59H,2-11,13-22,42-46H2,1H3,(H,50,61)(H,51,66)(H,52,60)(H,53,64)(H,54,65)(H,55,63)(H,56,62)(H,68,69)(H4,47,48,49)/b28-12-/t23-,24-,25-,26-,27+,29-,30-,32-/m0/s1. The maximum atomic E-state index is 14.0. The van der Waals surface area contributed by atoms with Gasteiger partial charge in [-0.15, -0.1) is 0 Å². The number of carboxylic acids is 1. The number of amides is 8. The van der Waals surface area contributed by atoms with E-state index in [-0.39, 0.29) is 77.1 Å². The van der Waals surface area contributed by atoms with Crippen LogP contribution >= 0.6 is 0 Å². The SMILES string of the molecule is C[C@H](NC(=O)[C@@H](NC(=O)[C@@H](N)CCCCN)[C@@H](O)CN)C(=O)NCC(=O)N[C@H](CCCN)C(=O)N1CCC[C@H]1C(=O)N[C@@H](CCO)C(=O)N[C@@H](CCCCN)C(=O)N/C(=C\CCN=C(N)N)C(=O)O. The second-order valence-electron chi connectivity index (χ2n) is 16.3. The minimum absolute atomic E-state index is 0.0316. The van der Waals surface area contributed by atoms with Crippen molar-refractivity contribution in [3.63, 3.8) is 0 Å². The van der Waals surface area contributed by atoms with Gasteiger partial charge in [-0.3, -0.25) is 43.3 Å². The lowest BCUT2D eigenvalue weighted by molar-refractivity contribution is -0.142. The Balaban J connectivity index is 3.07. The third kappa shape index (κ3) is 22.7. The number of hydrogen-bond donors (Lipinski definition) is 17. The Labute approximate surface area is 400 Å². The van der Waals surface area contributed by atoms with Crippen LogP contribution in [0.3, 0.4) is 0 Å². The molecule has 28 nitrogen and oxygen atoms in total. The molecule has 24 N–H and O–H groups in total. The Bertz CT molecular complexity index is 1770. The minimum Gasteiger partial charge on any atom is -0.477 e. The van der Waals surface area contributed by atoms with E-state index in [4.69, 9.17) is 40.1 Å². The molecule has 28 heteroatoms. The first-order valence-corrected chi connectivity index (χ1v) is 23.0. The molecule has 0 bridgehead atoms. The zero-order chi connectivity index (χ0) is 52.1. The fourth-order valence-corrected chi connectivity index (χ4v) is 6.90. The van der Waals surface area contributed by atoms with Gasteiger partial charge in [0.1, 0.15) is 41.9 Å². The normalized spacial score (nSPS) is 16.6. The smallest absolute Gasteiger partial charge is 0.352 e. The molecular formula is C41H76N16O12. The van der Waals surface area contributed by atoms with Gasteiger partial charge in [-0.25, -0.2) is 4.79 Å². The minimum atomic E-state index is -1.56. The number of nitrogens with two attached hydrogens (primary N) is 7. The van der Waals surface area contributed by atoms with Crippen LogP contribution in [0.4, 0.5) is 0 Å². The number of carboxylic acid groups (broad SMARTS) is 1. The maximum absolute atomic E-state index is 14.0. The zero-order valence-corrected chi connectivity index (χ0v) is 39.3. The lowest BCUT2D eigenvalue weighted by Gasteiger charge is -2.30. The summed E-state index contributed by atoms with van der Waals surface area (Å²) >= 11 is 0. The molecule has 1 fully saturated rings. The maximum Gasteiger partial charge on any atom is 0.352 e. The summed E-state index contributed by atoms with van der Waals surface area (Å²) < 4.78 is 0. The highest BCUT2D eigenvalue weighted by molar-refractivity contribution is 5.98. The molecule has 0 aromatic rings. The van der Waals surface area contributed by atoms with Crippen molar-refractivity contribution in [2.45, 2.75) is 132 Å². The lowest BCUT2D eigenvalue weighted by Crippen LogP contribution is -2.60. The third-order valence-corrected chi connectivity index (χ3v) is 10.7. The molecule has 0 aliphatic carbocycles. The molecule has 0 aromatic carbocycles. The van der Waals surface area contributed by atoms with E-state index >= 15 is 0 Å². The molecule has 69 heavy (non-hydrogen) atoms. The number of rotatable bonds is 34. The van der Waals surface area contributed by atoms with E-state index < -0.39 is 127 Å². The van der Waals surface area contributed by atoms with Crippen LogP contribution in [0, 0.1) is 0 Å². The largest absolute Gasteiger partial charge is 0.477 e. The molecule has 392 valence electrons. The Hall–Kier alpha value is -6.04. The van der Waals surface area contributed by atoms with E-state index in [9.17, 15) is 58.5 Å². The van der Waals surface area contributed by atoms with E-state index in [0.717, 1.165) is 0 Å². The number of aliphatic hydroxyl groups is 2. The van der Waals surface area contributed by atoms with Crippen LogP contribution in [0.2, 0.25) is 0 Å². The van der Waals surface area contributed by atoms with Gasteiger partial charge in [0.25, 0.3) is 0 Å². The van der Waals surface area contributed by atoms with Gasteiger partial charge < -0.3 is 97.6 Å². The molecule has 1 aliphatic rings. The number of aliphatic imine (C=N–C) groups is 1. The van der Waals surface area contributed by atoms with E-state index in [0.29, 0.717) is 38.6 Å². The highest BCUT2D eigenvalue weighted by atomic mass is 16.4. The first-order chi connectivity index (χ1) is 32.8. The summed E-state index contributed by atoms with van der Waals surface area (Å²) in [4.78, 5) is 123. The van der Waals surface area contributed by atoms with Crippen molar-refractivity contribution in [2.75, 3.05) is 52.4 Å². The Morgan fingerprint density at radius 3 is 1.96 bits per heavy atom. The summed E-state index contributed by atoms with van der Waals surface area (Å²) in [6, 6.07) is -8.91. The molecule has 1 saturated heterocycles. The zero-order valence-electron chi connectivity index (χ0n) is 39.3. The summed E-state index contributed by atoms with van der Waals surface area (Å²) in [5, 5.41) is 46.8. The molecule has 0 radical (unpaired) electrons. The number of carbonyl (C=O) groups is 9. The molecule has 1 heterocycles. The van der Waals surface area contributed by atoms with Gasteiger partial charge in [-0.1, -0.05) is 12.5 Å². The Morgan fingerprint density at radius 1 is 0.739 bits per heavy atom. The lowest BCUT2D eigenvalue weighted by atomic mass is 10.1. The van der Waals surface area contributed by atoms with Gasteiger partial charge in [-0.2, -0.15) is 0 Å². The molecular weight excluding hydrogens is 909 g/mol. The van der Waals surface area contributed by atoms with Crippen molar-refractivity contribution >= 4 is 59.2 Å². The van der Waals surface area contributed by atoms with Crippen LogP contribution < -0.4 is 77.4 Å². The van der Waals surface area contributed by atoms with E-state index in [1.54, 1.807) is 0 Å². The van der Waals surface area contributed by atoms with Crippen LogP contribution in [0.25, 0.3) is 0 Å². The van der Waals surface area contributed by atoms with Crippen LogP contribution in [0.1, 0.15) is 84.0 Å². The van der Waals surface area contributed by atoms with Crippen LogP contribution in [-0.4, -0.2) is 180 Å². The molecule has 8 amide bonds. The van der Waals surface area contributed by atoms with Crippen molar-refractivity contribution in [2.24, 2.45) is 45.1 Å². The number of nitrogens with zero attached hydrogens (tertiary/aromatic N) is 2. The molecule has 1 aliphatic heterocycles. The van der Waals surface area contributed by atoms with Gasteiger partial charge in [0, 0.05) is 26.2 Å². The highest BCUT2D eigenvalue weighted by Gasteiger charge is 2.39. The second-order valence-corrected chi connectivity index (χ2v) is 16.3. The molecule has 0 unspecified atom stereocenters. The summed E-state index contributed by atoms with van der Waals surface area (Å²) in [7, 11) is 0. The van der Waals surface area contributed by atoms with E-state index in [1.165, 1.54) is 17.9 Å². The number of nitrogens with one attached hydrogen (secondary N) is 7.